The van der Waals surface area contributed by atoms with Crippen molar-refractivity contribution < 1.29 is 0 Å². The molecule has 1 heterocycles. The summed E-state index contributed by atoms with van der Waals surface area (Å²) in [7, 11) is 0. The van der Waals surface area contributed by atoms with E-state index in [4.69, 9.17) is 34.4 Å². The van der Waals surface area contributed by atoms with Gasteiger partial charge in [-0.05, 0) is 88.2 Å². The molecular weight excluding hydrogens is 529 g/mol. The van der Waals surface area contributed by atoms with Gasteiger partial charge in [0.25, 0.3) is 0 Å². The van der Waals surface area contributed by atoms with Gasteiger partial charge in [-0.1, -0.05) is 96.1 Å². The van der Waals surface area contributed by atoms with Gasteiger partial charge >= 0.3 is 0 Å². The van der Waals surface area contributed by atoms with Crippen LogP contribution in [0.1, 0.15) is 38.9 Å². The Labute approximate surface area is 246 Å². The highest BCUT2D eigenvalue weighted by Crippen LogP contribution is 2.30. The van der Waals surface area contributed by atoms with Crippen molar-refractivity contribution in [3.63, 3.8) is 0 Å². The van der Waals surface area contributed by atoms with Crippen LogP contribution in [0.15, 0.2) is 89.9 Å². The summed E-state index contributed by atoms with van der Waals surface area (Å²) in [5.74, 6) is 1.35. The van der Waals surface area contributed by atoms with Crippen LogP contribution in [0.4, 0.5) is 5.69 Å². The highest BCUT2D eigenvalue weighted by atomic mass is 32.1. The van der Waals surface area contributed by atoms with Crippen molar-refractivity contribution in [1.82, 2.24) is 14.1 Å². The van der Waals surface area contributed by atoms with Crippen LogP contribution in [-0.4, -0.2) is 20.0 Å². The maximum atomic E-state index is 6.32. The quantitative estimate of drug-likeness (QED) is 0.125. The molecule has 1 aromatic heterocycles. The first-order chi connectivity index (χ1) is 19.2. The summed E-state index contributed by atoms with van der Waals surface area (Å²) in [5.41, 5.74) is 10.6. The Morgan fingerprint density at radius 1 is 0.675 bits per heavy atom. The molecule has 0 saturated carbocycles. The number of hydrogen-bond donors (Lipinski definition) is 0. The Bertz CT molecular complexity index is 1840. The zero-order valence-corrected chi connectivity index (χ0v) is 25.3. The molecule has 0 bridgehead atoms. The molecule has 0 saturated heterocycles. The molecule has 0 amide bonds. The van der Waals surface area contributed by atoms with Gasteiger partial charge in [-0.25, -0.2) is 14.5 Å². The molecule has 0 atom stereocenters. The van der Waals surface area contributed by atoms with Gasteiger partial charge in [-0.2, -0.15) is 0 Å². The number of aryl methyl sites for hydroxylation is 6. The lowest BCUT2D eigenvalue weighted by Crippen LogP contribution is -2.23. The van der Waals surface area contributed by atoms with Crippen molar-refractivity contribution in [2.24, 2.45) is 4.99 Å². The minimum absolute atomic E-state index is 0.354. The van der Waals surface area contributed by atoms with E-state index in [0.717, 1.165) is 44.8 Å². The number of hydrogen-bond acceptors (Lipinski definition) is 4. The Hall–Kier alpha value is -4.00. The normalized spacial score (nSPS) is 11.6. The Kier molecular flexibility index (Phi) is 7.74. The Morgan fingerprint density at radius 2 is 1.18 bits per heavy atom. The maximum Gasteiger partial charge on any atom is 0.209 e. The lowest BCUT2D eigenvalue weighted by Gasteiger charge is -2.22. The second kappa shape index (κ2) is 11.2. The summed E-state index contributed by atoms with van der Waals surface area (Å²) in [6.45, 7) is 12.6. The molecule has 0 N–H and O–H groups in total. The summed E-state index contributed by atoms with van der Waals surface area (Å²) in [6, 6.07) is 28.8. The van der Waals surface area contributed by atoms with Crippen molar-refractivity contribution in [3.8, 4) is 17.1 Å². The third-order valence-electron chi connectivity index (χ3n) is 6.98. The van der Waals surface area contributed by atoms with Crippen LogP contribution >= 0.6 is 24.4 Å². The van der Waals surface area contributed by atoms with Gasteiger partial charge in [0.15, 0.2) is 4.77 Å². The summed E-state index contributed by atoms with van der Waals surface area (Å²) < 4.78 is 4.76. The minimum atomic E-state index is 0.354. The van der Waals surface area contributed by atoms with E-state index >= 15 is 0 Å². The molecule has 0 spiro atoms. The number of aliphatic imine (C=N–C) groups is 1. The van der Waals surface area contributed by atoms with Crippen molar-refractivity contribution in [2.45, 2.75) is 41.5 Å². The first-order valence-electron chi connectivity index (χ1n) is 13.3. The van der Waals surface area contributed by atoms with Crippen LogP contribution in [-0.2, 0) is 0 Å². The zero-order chi connectivity index (χ0) is 28.6. The molecule has 0 aliphatic carbocycles. The zero-order valence-electron chi connectivity index (χ0n) is 23.7. The first-order valence-corrected chi connectivity index (χ1v) is 14.1. The third-order valence-corrected chi connectivity index (χ3v) is 7.61. The van der Waals surface area contributed by atoms with Crippen LogP contribution in [0.25, 0.3) is 17.1 Å². The molecule has 200 valence electrons. The molecule has 0 radical (unpaired) electrons. The number of nitrogens with zero attached hydrogens (tertiary/aromatic N) is 4. The Morgan fingerprint density at radius 3 is 1.73 bits per heavy atom. The summed E-state index contributed by atoms with van der Waals surface area (Å²) in [4.78, 5) is 10.3. The number of rotatable bonds is 4. The highest BCUT2D eigenvalue weighted by Gasteiger charge is 2.20. The van der Waals surface area contributed by atoms with E-state index in [1.54, 1.807) is 0 Å². The summed E-state index contributed by atoms with van der Waals surface area (Å²) in [6.07, 6.45) is 0. The topological polar surface area (TPSA) is 35.1 Å². The monoisotopic (exact) mass is 560 g/mol. The maximum absolute atomic E-state index is 6.32. The van der Waals surface area contributed by atoms with Crippen LogP contribution in [0.5, 0.6) is 0 Å². The van der Waals surface area contributed by atoms with E-state index in [1.807, 2.05) is 65.2 Å². The van der Waals surface area contributed by atoms with Crippen molar-refractivity contribution >= 4 is 36.0 Å². The van der Waals surface area contributed by atoms with Gasteiger partial charge in [-0.15, -0.1) is 0 Å². The van der Waals surface area contributed by atoms with Gasteiger partial charge in [0.05, 0.1) is 11.4 Å². The average Bonchev–Trinajstić information content (AvgIpc) is 2.91. The van der Waals surface area contributed by atoms with E-state index in [2.05, 4.69) is 70.4 Å². The molecule has 0 aliphatic heterocycles. The van der Waals surface area contributed by atoms with Crippen molar-refractivity contribution in [2.75, 3.05) is 0 Å². The standard InChI is InChI=1S/C34H32N4S2/c1-21-17-23(3)29(24(4)18-21)35-31(27-13-9-7-10-14-27)38-33(39)36-32(28-15-11-8-12-16-28)37(34(38)40)30-25(5)19-22(2)20-26(30)6/h7-20H,1-6H3. The van der Waals surface area contributed by atoms with Gasteiger partial charge in [0, 0.05) is 11.1 Å². The predicted octanol–water partition coefficient (Wildman–Crippen LogP) is 9.28. The van der Waals surface area contributed by atoms with Crippen LogP contribution < -0.4 is 0 Å². The van der Waals surface area contributed by atoms with Gasteiger partial charge in [0.1, 0.15) is 11.7 Å². The smallest absolute Gasteiger partial charge is 0.209 e. The molecule has 0 fully saturated rings. The molecule has 0 aliphatic rings. The minimum Gasteiger partial charge on any atom is -0.270 e. The SMILES string of the molecule is Cc1cc(C)c(N=C(c2ccccc2)n2c(=S)nc(-c3ccccc3)n(-c3c(C)cc(C)cc3C)c2=S)c(C)c1. The van der Waals surface area contributed by atoms with E-state index in [1.165, 1.54) is 11.1 Å². The molecule has 4 nitrogen and oxygen atoms in total. The molecule has 4 aromatic carbocycles. The predicted molar refractivity (Wildman–Crippen MR) is 172 cm³/mol. The second-order valence-electron chi connectivity index (χ2n) is 10.3. The number of benzene rings is 4. The van der Waals surface area contributed by atoms with Crippen molar-refractivity contribution in [3.05, 3.63) is 133 Å². The Balaban J connectivity index is 1.92. The lowest BCUT2D eigenvalue weighted by molar-refractivity contribution is 0.827. The van der Waals surface area contributed by atoms with Crippen LogP contribution in [0.2, 0.25) is 0 Å². The lowest BCUT2D eigenvalue weighted by atomic mass is 10.0. The van der Waals surface area contributed by atoms with Gasteiger partial charge in [-0.3, -0.25) is 4.57 Å². The van der Waals surface area contributed by atoms with Crippen LogP contribution in [0, 0.1) is 51.1 Å². The largest absolute Gasteiger partial charge is 0.270 e. The van der Waals surface area contributed by atoms with Gasteiger partial charge < -0.3 is 0 Å². The summed E-state index contributed by atoms with van der Waals surface area (Å²) in [5, 5.41) is 0. The fourth-order valence-corrected chi connectivity index (χ4v) is 6.11. The van der Waals surface area contributed by atoms with E-state index < -0.39 is 0 Å². The fraction of sp³-hybridized carbons (Fsp3) is 0.176. The van der Waals surface area contributed by atoms with Gasteiger partial charge in [0.2, 0.25) is 4.77 Å². The van der Waals surface area contributed by atoms with E-state index in [0.29, 0.717) is 21.2 Å². The first kappa shape index (κ1) is 27.6. The van der Waals surface area contributed by atoms with Crippen LogP contribution in [0.3, 0.4) is 0 Å². The second-order valence-corrected chi connectivity index (χ2v) is 11.1. The fourth-order valence-electron chi connectivity index (χ4n) is 5.44. The molecule has 6 heteroatoms. The van der Waals surface area contributed by atoms with E-state index in [-0.39, 0.29) is 0 Å². The average molecular weight is 561 g/mol. The number of aromatic nitrogens is 3. The van der Waals surface area contributed by atoms with E-state index in [9.17, 15) is 0 Å². The summed E-state index contributed by atoms with van der Waals surface area (Å²) >= 11 is 12.3. The molecule has 5 rings (SSSR count). The molecule has 0 unspecified atom stereocenters. The molecule has 5 aromatic rings. The van der Waals surface area contributed by atoms with Crippen molar-refractivity contribution in [1.29, 1.82) is 0 Å². The molecule has 40 heavy (non-hydrogen) atoms. The third kappa shape index (κ3) is 5.25. The highest BCUT2D eigenvalue weighted by molar-refractivity contribution is 7.72. The molecular formula is C34H32N4S2.